The Morgan fingerprint density at radius 2 is 0.750 bits per heavy atom. The Morgan fingerprint density at radius 3 is 1.00 bits per heavy atom. The zero-order valence-corrected chi connectivity index (χ0v) is 14.5. The summed E-state index contributed by atoms with van der Waals surface area (Å²) in [4.78, 5) is 1.49. The molecule has 0 fully saturated rings. The van der Waals surface area contributed by atoms with Gasteiger partial charge in [0, 0.05) is 54.5 Å². The lowest BCUT2D eigenvalue weighted by molar-refractivity contribution is 0.237. The van der Waals surface area contributed by atoms with Crippen molar-refractivity contribution in [2.24, 2.45) is 0 Å². The summed E-state index contributed by atoms with van der Waals surface area (Å²) in [5.41, 5.74) is 0.351. The van der Waals surface area contributed by atoms with E-state index in [4.69, 9.17) is 0 Å². The molecule has 0 spiro atoms. The summed E-state index contributed by atoms with van der Waals surface area (Å²) in [7, 11) is 0. The number of nitrogens with zero attached hydrogens (tertiary/aromatic N) is 1. The molecule has 0 N–H and O–H groups in total. The first-order valence-electron chi connectivity index (χ1n) is 8.36. The van der Waals surface area contributed by atoms with Gasteiger partial charge in [-0.3, -0.25) is 4.90 Å². The average Bonchev–Trinajstić information content (AvgIpc) is 2.62. The number of hydrogen-bond acceptors (Lipinski definition) is 1. The third-order valence-electron chi connectivity index (χ3n) is 4.23. The molecule has 0 aromatic heterocycles. The predicted octanol–water partition coefficient (Wildman–Crippen LogP) is 5.72. The van der Waals surface area contributed by atoms with Crippen LogP contribution in [-0.4, -0.2) is 4.90 Å². The number of hydrogen-bond donors (Lipinski definition) is 0. The molecule has 3 aromatic rings. The third kappa shape index (κ3) is 4.92. The molecule has 3 aromatic carbocycles. The van der Waals surface area contributed by atoms with E-state index in [0.29, 0.717) is 18.2 Å². The zero-order chi connectivity index (χ0) is 20.3. The van der Waals surface area contributed by atoms with Crippen LogP contribution in [0.3, 0.4) is 0 Å². The zero-order valence-electron chi connectivity index (χ0n) is 14.5. The van der Waals surface area contributed by atoms with E-state index in [1.807, 2.05) is 0 Å². The highest BCUT2D eigenvalue weighted by Crippen LogP contribution is 2.20. The Kier molecular flexibility index (Phi) is 6.04. The van der Waals surface area contributed by atoms with Gasteiger partial charge in [0.25, 0.3) is 0 Å². The minimum atomic E-state index is -0.802. The minimum Gasteiger partial charge on any atom is -0.290 e. The molecule has 0 amide bonds. The summed E-state index contributed by atoms with van der Waals surface area (Å²) in [5, 5.41) is 0. The molecular weight excluding hydrogens is 380 g/mol. The van der Waals surface area contributed by atoms with Crippen LogP contribution in [0.4, 0.5) is 26.3 Å². The van der Waals surface area contributed by atoms with Crippen molar-refractivity contribution in [1.82, 2.24) is 4.90 Å². The van der Waals surface area contributed by atoms with Crippen molar-refractivity contribution in [3.8, 4) is 0 Å². The van der Waals surface area contributed by atoms with Gasteiger partial charge < -0.3 is 0 Å². The second-order valence-corrected chi connectivity index (χ2v) is 6.35. The second-order valence-electron chi connectivity index (χ2n) is 6.35. The van der Waals surface area contributed by atoms with Gasteiger partial charge in [-0.15, -0.1) is 0 Å². The normalized spacial score (nSPS) is 11.2. The Morgan fingerprint density at radius 1 is 0.464 bits per heavy atom. The van der Waals surface area contributed by atoms with Crippen molar-refractivity contribution < 1.29 is 26.3 Å². The van der Waals surface area contributed by atoms with Gasteiger partial charge in [0.1, 0.15) is 34.9 Å². The van der Waals surface area contributed by atoms with E-state index >= 15 is 0 Å². The van der Waals surface area contributed by atoms with Crippen molar-refractivity contribution in [3.05, 3.63) is 106 Å². The Hall–Kier alpha value is -2.80. The van der Waals surface area contributed by atoms with E-state index in [0.717, 1.165) is 18.2 Å². The first-order chi connectivity index (χ1) is 13.3. The highest BCUT2D eigenvalue weighted by Gasteiger charge is 2.16. The molecule has 28 heavy (non-hydrogen) atoms. The van der Waals surface area contributed by atoms with Crippen LogP contribution >= 0.6 is 0 Å². The number of halogens is 6. The molecule has 0 radical (unpaired) electrons. The smallest absolute Gasteiger partial charge is 0.130 e. The average molecular weight is 395 g/mol. The monoisotopic (exact) mass is 395 g/mol. The standard InChI is InChI=1S/C21H15F6N/c22-16-4-1-13(19(25)7-16)10-28(11-14-2-5-17(23)8-20(14)26)12-15-3-6-18(24)9-21(15)27/h1-9H,10-12H2. The van der Waals surface area contributed by atoms with Crippen molar-refractivity contribution >= 4 is 0 Å². The van der Waals surface area contributed by atoms with Gasteiger partial charge in [0.15, 0.2) is 0 Å². The molecule has 0 aliphatic rings. The molecule has 3 rings (SSSR count). The van der Waals surface area contributed by atoms with Gasteiger partial charge in [-0.2, -0.15) is 0 Å². The summed E-state index contributed by atoms with van der Waals surface area (Å²) < 4.78 is 81.5. The van der Waals surface area contributed by atoms with E-state index in [1.54, 1.807) is 0 Å². The van der Waals surface area contributed by atoms with Crippen LogP contribution in [0.25, 0.3) is 0 Å². The maximum Gasteiger partial charge on any atom is 0.130 e. The lowest BCUT2D eigenvalue weighted by Gasteiger charge is -2.23. The fourth-order valence-corrected chi connectivity index (χ4v) is 2.84. The SMILES string of the molecule is Fc1ccc(CN(Cc2ccc(F)cc2F)Cc2ccc(F)cc2F)c(F)c1. The molecule has 1 nitrogen and oxygen atoms in total. The van der Waals surface area contributed by atoms with Crippen LogP contribution in [0.1, 0.15) is 16.7 Å². The van der Waals surface area contributed by atoms with Crippen molar-refractivity contribution in [2.75, 3.05) is 0 Å². The van der Waals surface area contributed by atoms with Crippen molar-refractivity contribution in [3.63, 3.8) is 0 Å². The van der Waals surface area contributed by atoms with Crippen LogP contribution in [0, 0.1) is 34.9 Å². The molecule has 0 saturated heterocycles. The van der Waals surface area contributed by atoms with Crippen LogP contribution in [0.5, 0.6) is 0 Å². The Bertz CT molecular complexity index is 861. The Labute approximate surface area is 157 Å². The second kappa shape index (κ2) is 8.48. The molecule has 0 heterocycles. The largest absolute Gasteiger partial charge is 0.290 e. The maximum atomic E-state index is 14.0. The molecule has 0 bridgehead atoms. The van der Waals surface area contributed by atoms with Gasteiger partial charge in [0.05, 0.1) is 0 Å². The van der Waals surface area contributed by atoms with Crippen LogP contribution < -0.4 is 0 Å². The van der Waals surface area contributed by atoms with Gasteiger partial charge >= 0.3 is 0 Å². The van der Waals surface area contributed by atoms with Crippen molar-refractivity contribution in [1.29, 1.82) is 0 Å². The van der Waals surface area contributed by atoms with Crippen LogP contribution in [0.2, 0.25) is 0 Å². The van der Waals surface area contributed by atoms with Gasteiger partial charge in [-0.1, -0.05) is 18.2 Å². The molecule has 0 aliphatic carbocycles. The maximum absolute atomic E-state index is 14.0. The van der Waals surface area contributed by atoms with Gasteiger partial charge in [0.2, 0.25) is 0 Å². The third-order valence-corrected chi connectivity index (χ3v) is 4.23. The molecule has 146 valence electrons. The summed E-state index contributed by atoms with van der Waals surface area (Å²) in [6, 6.07) is 9.08. The topological polar surface area (TPSA) is 3.24 Å². The molecular formula is C21H15F6N. The Balaban J connectivity index is 1.90. The molecule has 7 heteroatoms. The van der Waals surface area contributed by atoms with E-state index < -0.39 is 34.9 Å². The van der Waals surface area contributed by atoms with Crippen LogP contribution in [0.15, 0.2) is 54.6 Å². The summed E-state index contributed by atoms with van der Waals surface area (Å²) in [6.45, 7) is -0.292. The first-order valence-corrected chi connectivity index (χ1v) is 8.36. The van der Waals surface area contributed by atoms with Gasteiger partial charge in [-0.25, -0.2) is 26.3 Å². The lowest BCUT2D eigenvalue weighted by Crippen LogP contribution is -2.24. The fourth-order valence-electron chi connectivity index (χ4n) is 2.84. The fraction of sp³-hybridized carbons (Fsp3) is 0.143. The molecule has 0 aliphatic heterocycles. The summed E-state index contributed by atoms with van der Waals surface area (Å²) in [5.74, 6) is -4.65. The van der Waals surface area contributed by atoms with E-state index in [9.17, 15) is 26.3 Å². The summed E-state index contributed by atoms with van der Waals surface area (Å²) >= 11 is 0. The minimum absolute atomic E-state index is 0.0975. The van der Waals surface area contributed by atoms with Crippen molar-refractivity contribution in [2.45, 2.75) is 19.6 Å². The molecule has 0 saturated carbocycles. The van der Waals surface area contributed by atoms with E-state index in [-0.39, 0.29) is 36.3 Å². The van der Waals surface area contributed by atoms with E-state index in [2.05, 4.69) is 0 Å². The van der Waals surface area contributed by atoms with Crippen LogP contribution in [-0.2, 0) is 19.6 Å². The summed E-state index contributed by atoms with van der Waals surface area (Å²) in [6.07, 6.45) is 0. The lowest BCUT2D eigenvalue weighted by atomic mass is 10.1. The molecule has 0 atom stereocenters. The predicted molar refractivity (Wildman–Crippen MR) is 92.0 cm³/mol. The first kappa shape index (κ1) is 19.9. The quantitative estimate of drug-likeness (QED) is 0.483. The number of rotatable bonds is 6. The highest BCUT2D eigenvalue weighted by molar-refractivity contribution is 5.23. The highest BCUT2D eigenvalue weighted by atomic mass is 19.2. The van der Waals surface area contributed by atoms with Gasteiger partial charge in [-0.05, 0) is 18.2 Å². The van der Waals surface area contributed by atoms with E-state index in [1.165, 1.54) is 23.1 Å². The molecule has 0 unspecified atom stereocenters. The number of benzene rings is 3.